The molecular weight excluding hydrogens is 388 g/mol. The third-order valence-corrected chi connectivity index (χ3v) is 5.36. The van der Waals surface area contributed by atoms with Crippen molar-refractivity contribution < 1.29 is 23.8 Å². The zero-order valence-corrected chi connectivity index (χ0v) is 16.7. The SMILES string of the molecule is COc1ccc(/C=C2\Oc3cc(OC(=O)Cc4cccs4)cc(C)c3C2=O)cc1. The number of ketones is 1. The molecule has 2 aromatic carbocycles. The van der Waals surface area contributed by atoms with E-state index in [1.807, 2.05) is 41.8 Å². The number of thiophene rings is 1. The molecule has 0 atom stereocenters. The molecule has 3 aromatic rings. The van der Waals surface area contributed by atoms with Gasteiger partial charge in [0, 0.05) is 10.9 Å². The van der Waals surface area contributed by atoms with Crippen LogP contribution in [0.4, 0.5) is 0 Å². The van der Waals surface area contributed by atoms with E-state index in [9.17, 15) is 9.59 Å². The summed E-state index contributed by atoms with van der Waals surface area (Å²) in [7, 11) is 1.60. The van der Waals surface area contributed by atoms with Gasteiger partial charge in [-0.1, -0.05) is 18.2 Å². The van der Waals surface area contributed by atoms with Crippen LogP contribution in [0.3, 0.4) is 0 Å². The van der Waals surface area contributed by atoms with Crippen molar-refractivity contribution in [3.05, 3.63) is 81.2 Å². The van der Waals surface area contributed by atoms with Gasteiger partial charge in [-0.2, -0.15) is 0 Å². The van der Waals surface area contributed by atoms with Crippen LogP contribution in [0.25, 0.3) is 6.08 Å². The van der Waals surface area contributed by atoms with Crippen molar-refractivity contribution in [1.29, 1.82) is 0 Å². The molecule has 0 N–H and O–H groups in total. The van der Waals surface area contributed by atoms with Crippen LogP contribution in [0, 0.1) is 6.92 Å². The fourth-order valence-electron chi connectivity index (χ4n) is 3.11. The molecule has 1 aliphatic heterocycles. The number of aryl methyl sites for hydroxylation is 1. The van der Waals surface area contributed by atoms with Crippen LogP contribution in [0.1, 0.15) is 26.4 Å². The Morgan fingerprint density at radius 2 is 1.93 bits per heavy atom. The first-order valence-electron chi connectivity index (χ1n) is 8.99. The maximum Gasteiger partial charge on any atom is 0.316 e. The molecule has 2 heterocycles. The molecule has 146 valence electrons. The molecule has 0 saturated heterocycles. The van der Waals surface area contributed by atoms with Gasteiger partial charge in [-0.3, -0.25) is 9.59 Å². The highest BCUT2D eigenvalue weighted by Gasteiger charge is 2.30. The second-order valence-electron chi connectivity index (χ2n) is 6.56. The molecule has 1 aromatic heterocycles. The number of methoxy groups -OCH3 is 1. The van der Waals surface area contributed by atoms with E-state index in [2.05, 4.69) is 0 Å². The lowest BCUT2D eigenvalue weighted by Gasteiger charge is -2.07. The van der Waals surface area contributed by atoms with Gasteiger partial charge >= 0.3 is 5.97 Å². The van der Waals surface area contributed by atoms with Crippen LogP contribution in [0.5, 0.6) is 17.2 Å². The second kappa shape index (κ2) is 7.93. The monoisotopic (exact) mass is 406 g/mol. The smallest absolute Gasteiger partial charge is 0.316 e. The van der Waals surface area contributed by atoms with Gasteiger partial charge in [0.2, 0.25) is 5.78 Å². The molecular formula is C23H18O5S. The van der Waals surface area contributed by atoms with Crippen LogP contribution < -0.4 is 14.2 Å². The Balaban J connectivity index is 1.54. The van der Waals surface area contributed by atoms with Crippen molar-refractivity contribution in [3.63, 3.8) is 0 Å². The predicted molar refractivity (Wildman–Crippen MR) is 111 cm³/mol. The standard InChI is InChI=1S/C23H18O5S/c1-14-10-17(27-21(24)13-18-4-3-9-29-18)12-19-22(14)23(25)20(28-19)11-15-5-7-16(26-2)8-6-15/h3-12H,13H2,1-2H3/b20-11-. The number of rotatable bonds is 5. The Kier molecular flexibility index (Phi) is 5.18. The highest BCUT2D eigenvalue weighted by atomic mass is 32.1. The van der Waals surface area contributed by atoms with Gasteiger partial charge in [0.1, 0.15) is 17.2 Å². The van der Waals surface area contributed by atoms with E-state index in [4.69, 9.17) is 14.2 Å². The molecule has 6 heteroatoms. The molecule has 0 spiro atoms. The van der Waals surface area contributed by atoms with E-state index < -0.39 is 0 Å². The van der Waals surface area contributed by atoms with Crippen molar-refractivity contribution >= 4 is 29.2 Å². The Labute approximate surface area is 172 Å². The van der Waals surface area contributed by atoms with Gasteiger partial charge in [0.15, 0.2) is 5.76 Å². The first-order chi connectivity index (χ1) is 14.0. The normalized spacial score (nSPS) is 13.9. The average molecular weight is 406 g/mol. The molecule has 0 bridgehead atoms. The summed E-state index contributed by atoms with van der Waals surface area (Å²) in [6.07, 6.45) is 1.89. The minimum atomic E-state index is -0.356. The van der Waals surface area contributed by atoms with Crippen LogP contribution in [0.15, 0.2) is 59.7 Å². The minimum absolute atomic E-state index is 0.190. The number of fused-ring (bicyclic) bond motifs is 1. The lowest BCUT2D eigenvalue weighted by atomic mass is 10.0. The summed E-state index contributed by atoms with van der Waals surface area (Å²) < 4.78 is 16.4. The highest BCUT2D eigenvalue weighted by molar-refractivity contribution is 7.10. The number of hydrogen-bond donors (Lipinski definition) is 0. The Bertz CT molecular complexity index is 1100. The topological polar surface area (TPSA) is 61.8 Å². The Morgan fingerprint density at radius 3 is 2.62 bits per heavy atom. The zero-order valence-electron chi connectivity index (χ0n) is 15.9. The van der Waals surface area contributed by atoms with E-state index in [1.165, 1.54) is 11.3 Å². The first kappa shape index (κ1) is 19.0. The van der Waals surface area contributed by atoms with Crippen molar-refractivity contribution in [3.8, 4) is 17.2 Å². The van der Waals surface area contributed by atoms with Crippen molar-refractivity contribution in [2.24, 2.45) is 0 Å². The minimum Gasteiger partial charge on any atom is -0.497 e. The van der Waals surface area contributed by atoms with Crippen molar-refractivity contribution in [2.45, 2.75) is 13.3 Å². The molecule has 29 heavy (non-hydrogen) atoms. The number of allylic oxidation sites excluding steroid dienone is 1. The van der Waals surface area contributed by atoms with Gasteiger partial charge in [-0.25, -0.2) is 0 Å². The van der Waals surface area contributed by atoms with E-state index in [-0.39, 0.29) is 23.9 Å². The average Bonchev–Trinajstić information content (AvgIpc) is 3.30. The third-order valence-electron chi connectivity index (χ3n) is 4.49. The van der Waals surface area contributed by atoms with Crippen LogP contribution in [-0.4, -0.2) is 18.9 Å². The van der Waals surface area contributed by atoms with E-state index in [0.29, 0.717) is 22.6 Å². The summed E-state index contributed by atoms with van der Waals surface area (Å²) in [6, 6.07) is 14.4. The molecule has 4 rings (SSSR count). The number of carbonyl (C=O) groups is 2. The number of esters is 1. The first-order valence-corrected chi connectivity index (χ1v) is 9.87. The van der Waals surface area contributed by atoms with Gasteiger partial charge in [0.25, 0.3) is 0 Å². The summed E-state index contributed by atoms with van der Waals surface area (Å²) >= 11 is 1.50. The molecule has 5 nitrogen and oxygen atoms in total. The number of benzene rings is 2. The number of Topliss-reactive ketones (excluding diaryl/α,β-unsaturated/α-hetero) is 1. The fourth-order valence-corrected chi connectivity index (χ4v) is 3.80. The molecule has 0 unspecified atom stereocenters. The largest absolute Gasteiger partial charge is 0.497 e. The second-order valence-corrected chi connectivity index (χ2v) is 7.59. The summed E-state index contributed by atoms with van der Waals surface area (Å²) in [5, 5.41) is 1.91. The Hall–Kier alpha value is -3.38. The maximum absolute atomic E-state index is 12.8. The van der Waals surface area contributed by atoms with Gasteiger partial charge in [-0.15, -0.1) is 11.3 Å². The molecule has 0 fully saturated rings. The number of carbonyl (C=O) groups excluding carboxylic acids is 2. The summed E-state index contributed by atoms with van der Waals surface area (Å²) in [4.78, 5) is 25.9. The van der Waals surface area contributed by atoms with Crippen LogP contribution in [0.2, 0.25) is 0 Å². The maximum atomic E-state index is 12.8. The van der Waals surface area contributed by atoms with Crippen molar-refractivity contribution in [2.75, 3.05) is 7.11 Å². The predicted octanol–water partition coefficient (Wildman–Crippen LogP) is 4.83. The summed E-state index contributed by atoms with van der Waals surface area (Å²) in [6.45, 7) is 1.80. The van der Waals surface area contributed by atoms with Crippen LogP contribution in [-0.2, 0) is 11.2 Å². The molecule has 0 radical (unpaired) electrons. The highest BCUT2D eigenvalue weighted by Crippen LogP contribution is 2.37. The fraction of sp³-hybridized carbons (Fsp3) is 0.130. The lowest BCUT2D eigenvalue weighted by molar-refractivity contribution is -0.133. The lowest BCUT2D eigenvalue weighted by Crippen LogP contribution is -2.10. The molecule has 0 amide bonds. The molecule has 0 aliphatic carbocycles. The Morgan fingerprint density at radius 1 is 1.14 bits per heavy atom. The summed E-state index contributed by atoms with van der Waals surface area (Å²) in [5.41, 5.74) is 2.01. The van der Waals surface area contributed by atoms with E-state index in [0.717, 1.165) is 16.2 Å². The molecule has 1 aliphatic rings. The van der Waals surface area contributed by atoms with E-state index in [1.54, 1.807) is 32.2 Å². The van der Waals surface area contributed by atoms with Gasteiger partial charge < -0.3 is 14.2 Å². The number of hydrogen-bond acceptors (Lipinski definition) is 6. The number of ether oxygens (including phenoxy) is 3. The zero-order chi connectivity index (χ0) is 20.4. The molecule has 0 saturated carbocycles. The quantitative estimate of drug-likeness (QED) is 0.345. The van der Waals surface area contributed by atoms with Crippen molar-refractivity contribution in [1.82, 2.24) is 0 Å². The van der Waals surface area contributed by atoms with Crippen LogP contribution >= 0.6 is 11.3 Å². The summed E-state index contributed by atoms with van der Waals surface area (Å²) in [5.74, 6) is 1.18. The third kappa shape index (κ3) is 4.07. The van der Waals surface area contributed by atoms with E-state index >= 15 is 0 Å². The van der Waals surface area contributed by atoms with Gasteiger partial charge in [0.05, 0.1) is 19.1 Å². The van der Waals surface area contributed by atoms with Gasteiger partial charge in [-0.05, 0) is 53.8 Å².